The van der Waals surface area contributed by atoms with Crippen molar-refractivity contribution in [2.75, 3.05) is 38.1 Å². The van der Waals surface area contributed by atoms with Gasteiger partial charge in [-0.05, 0) is 45.1 Å². The van der Waals surface area contributed by atoms with Gasteiger partial charge in [-0.15, -0.1) is 0 Å². The highest BCUT2D eigenvalue weighted by Gasteiger charge is 2.40. The second kappa shape index (κ2) is 6.73. The number of nitrogens with zero attached hydrogens (tertiary/aromatic N) is 4. The van der Waals surface area contributed by atoms with Gasteiger partial charge in [0.1, 0.15) is 11.6 Å². The Kier molecular flexibility index (Phi) is 4.87. The van der Waals surface area contributed by atoms with Gasteiger partial charge in [0, 0.05) is 37.9 Å². The molecule has 1 aromatic heterocycles. The lowest BCUT2D eigenvalue weighted by atomic mass is 9.72. The Bertz CT molecular complexity index is 528. The first-order valence-electron chi connectivity index (χ1n) is 8.96. The minimum absolute atomic E-state index is 0.169. The minimum Gasteiger partial charge on any atom is -0.392 e. The zero-order valence-corrected chi connectivity index (χ0v) is 14.8. The molecule has 0 amide bonds. The average Bonchev–Trinajstić information content (AvgIpc) is 2.46. The summed E-state index contributed by atoms with van der Waals surface area (Å²) in [5.41, 5.74) is 1.44. The lowest BCUT2D eigenvalue weighted by Gasteiger charge is -2.48. The van der Waals surface area contributed by atoms with Crippen LogP contribution in [0.5, 0.6) is 0 Å². The van der Waals surface area contributed by atoms with E-state index in [1.807, 2.05) is 6.92 Å². The smallest absolute Gasteiger partial charge is 0.132 e. The Morgan fingerprint density at radius 2 is 2.04 bits per heavy atom. The first-order chi connectivity index (χ1) is 11.0. The zero-order chi connectivity index (χ0) is 16.4. The van der Waals surface area contributed by atoms with Gasteiger partial charge in [0.15, 0.2) is 0 Å². The number of hydrogen-bond donors (Lipinski definition) is 1. The molecule has 1 atom stereocenters. The molecule has 0 aliphatic carbocycles. The van der Waals surface area contributed by atoms with Crippen molar-refractivity contribution in [3.8, 4) is 0 Å². The summed E-state index contributed by atoms with van der Waals surface area (Å²) in [6, 6.07) is 2.16. The zero-order valence-electron chi connectivity index (χ0n) is 14.8. The second-order valence-corrected chi connectivity index (χ2v) is 7.56. The fraction of sp³-hybridized carbons (Fsp3) is 0.778. The number of likely N-dealkylation sites (tertiary alicyclic amines) is 1. The van der Waals surface area contributed by atoms with Crippen molar-refractivity contribution in [2.24, 2.45) is 5.41 Å². The van der Waals surface area contributed by atoms with Crippen molar-refractivity contribution >= 4 is 5.82 Å². The number of aliphatic hydroxyl groups excluding tert-OH is 1. The second-order valence-electron chi connectivity index (χ2n) is 7.56. The van der Waals surface area contributed by atoms with E-state index in [1.54, 1.807) is 0 Å². The van der Waals surface area contributed by atoms with Gasteiger partial charge in [-0.1, -0.05) is 13.3 Å². The van der Waals surface area contributed by atoms with Crippen LogP contribution in [0, 0.1) is 12.3 Å². The number of aliphatic hydroxyl groups is 1. The highest BCUT2D eigenvalue weighted by molar-refractivity contribution is 5.40. The molecular formula is C18H30N4O. The Morgan fingerprint density at radius 1 is 1.30 bits per heavy atom. The molecule has 0 saturated carbocycles. The van der Waals surface area contributed by atoms with Gasteiger partial charge in [0.25, 0.3) is 0 Å². The third kappa shape index (κ3) is 3.83. The van der Waals surface area contributed by atoms with Crippen LogP contribution in [-0.2, 0) is 6.42 Å². The predicted octanol–water partition coefficient (Wildman–Crippen LogP) is 2.02. The van der Waals surface area contributed by atoms with Gasteiger partial charge >= 0.3 is 0 Å². The molecule has 3 heterocycles. The van der Waals surface area contributed by atoms with E-state index in [2.05, 4.69) is 39.8 Å². The van der Waals surface area contributed by atoms with Crippen LogP contribution >= 0.6 is 0 Å². The molecule has 2 fully saturated rings. The molecule has 0 radical (unpaired) electrons. The molecule has 0 bridgehead atoms. The molecule has 0 aromatic carbocycles. The molecule has 23 heavy (non-hydrogen) atoms. The van der Waals surface area contributed by atoms with Crippen LogP contribution in [-0.4, -0.2) is 59.3 Å². The van der Waals surface area contributed by atoms with Crippen LogP contribution in [0.15, 0.2) is 6.07 Å². The van der Waals surface area contributed by atoms with E-state index in [4.69, 9.17) is 0 Å². The lowest BCUT2D eigenvalue weighted by molar-refractivity contribution is -0.0112. The Hall–Kier alpha value is -1.20. The summed E-state index contributed by atoms with van der Waals surface area (Å²) in [5, 5.41) is 10.1. The lowest BCUT2D eigenvalue weighted by Crippen LogP contribution is -2.52. The number of β-amino-alcohol motifs (C(OH)–C–C–N with tert-alkyl or cyclic N) is 1. The Labute approximate surface area is 139 Å². The van der Waals surface area contributed by atoms with Gasteiger partial charge in [0.05, 0.1) is 6.10 Å². The molecule has 2 saturated heterocycles. The van der Waals surface area contributed by atoms with Crippen LogP contribution in [0.4, 0.5) is 5.82 Å². The largest absolute Gasteiger partial charge is 0.392 e. The summed E-state index contributed by atoms with van der Waals surface area (Å²) in [4.78, 5) is 13.9. The molecule has 1 aromatic rings. The fourth-order valence-corrected chi connectivity index (χ4v) is 4.36. The third-order valence-corrected chi connectivity index (χ3v) is 5.33. The Balaban J connectivity index is 1.69. The van der Waals surface area contributed by atoms with E-state index in [1.165, 1.54) is 0 Å². The maximum atomic E-state index is 10.1. The molecule has 1 spiro atoms. The SMILES string of the molecule is CCCc1cc(N2CCC3(CC2)CC(O)CN(C)C3)nc(C)n1. The summed E-state index contributed by atoms with van der Waals surface area (Å²) < 4.78 is 0. The number of aryl methyl sites for hydroxylation is 2. The fourth-order valence-electron chi connectivity index (χ4n) is 4.36. The number of piperidine rings is 2. The number of likely N-dealkylation sites (N-methyl/N-ethyl adjacent to an activating group) is 1. The summed E-state index contributed by atoms with van der Waals surface area (Å²) in [6.45, 7) is 8.16. The molecule has 5 heteroatoms. The first-order valence-corrected chi connectivity index (χ1v) is 8.96. The van der Waals surface area contributed by atoms with Crippen molar-refractivity contribution in [3.05, 3.63) is 17.6 Å². The van der Waals surface area contributed by atoms with Crippen LogP contribution in [0.1, 0.15) is 44.1 Å². The van der Waals surface area contributed by atoms with E-state index in [0.717, 1.165) is 75.6 Å². The van der Waals surface area contributed by atoms with Crippen molar-refractivity contribution in [1.82, 2.24) is 14.9 Å². The maximum Gasteiger partial charge on any atom is 0.132 e. The number of hydrogen-bond acceptors (Lipinski definition) is 5. The van der Waals surface area contributed by atoms with E-state index >= 15 is 0 Å². The van der Waals surface area contributed by atoms with Gasteiger partial charge in [-0.2, -0.15) is 0 Å². The van der Waals surface area contributed by atoms with E-state index in [-0.39, 0.29) is 11.5 Å². The van der Waals surface area contributed by atoms with Crippen molar-refractivity contribution < 1.29 is 5.11 Å². The van der Waals surface area contributed by atoms with Gasteiger partial charge < -0.3 is 14.9 Å². The quantitative estimate of drug-likeness (QED) is 0.924. The number of aromatic nitrogens is 2. The normalized spacial score (nSPS) is 25.0. The summed E-state index contributed by atoms with van der Waals surface area (Å²) in [5.74, 6) is 1.96. The first kappa shape index (κ1) is 16.7. The van der Waals surface area contributed by atoms with Crippen molar-refractivity contribution in [1.29, 1.82) is 0 Å². The monoisotopic (exact) mass is 318 g/mol. The van der Waals surface area contributed by atoms with E-state index in [9.17, 15) is 5.11 Å². The molecule has 2 aliphatic heterocycles. The van der Waals surface area contributed by atoms with Crippen molar-refractivity contribution in [3.63, 3.8) is 0 Å². The number of anilines is 1. The van der Waals surface area contributed by atoms with E-state index < -0.39 is 0 Å². The highest BCUT2D eigenvalue weighted by atomic mass is 16.3. The molecule has 1 unspecified atom stereocenters. The maximum absolute atomic E-state index is 10.1. The summed E-state index contributed by atoms with van der Waals surface area (Å²) >= 11 is 0. The summed E-state index contributed by atoms with van der Waals surface area (Å²) in [7, 11) is 2.13. The van der Waals surface area contributed by atoms with E-state index in [0.29, 0.717) is 0 Å². The molecule has 2 aliphatic rings. The molecule has 3 rings (SSSR count). The number of rotatable bonds is 3. The third-order valence-electron chi connectivity index (χ3n) is 5.33. The molecular weight excluding hydrogens is 288 g/mol. The average molecular weight is 318 g/mol. The van der Waals surface area contributed by atoms with Gasteiger partial charge in [-0.3, -0.25) is 0 Å². The highest BCUT2D eigenvalue weighted by Crippen LogP contribution is 2.40. The molecule has 5 nitrogen and oxygen atoms in total. The van der Waals surface area contributed by atoms with Gasteiger partial charge in [-0.25, -0.2) is 9.97 Å². The van der Waals surface area contributed by atoms with Crippen molar-refractivity contribution in [2.45, 2.75) is 52.1 Å². The van der Waals surface area contributed by atoms with Gasteiger partial charge in [0.2, 0.25) is 0 Å². The van der Waals surface area contributed by atoms with Crippen LogP contribution in [0.2, 0.25) is 0 Å². The van der Waals surface area contributed by atoms with Crippen LogP contribution < -0.4 is 4.90 Å². The molecule has 128 valence electrons. The topological polar surface area (TPSA) is 52.5 Å². The molecule has 1 N–H and O–H groups in total. The summed E-state index contributed by atoms with van der Waals surface area (Å²) in [6.07, 6.45) is 5.20. The van der Waals surface area contributed by atoms with Crippen LogP contribution in [0.25, 0.3) is 0 Å². The minimum atomic E-state index is -0.169. The van der Waals surface area contributed by atoms with Crippen LogP contribution in [0.3, 0.4) is 0 Å². The Morgan fingerprint density at radius 3 is 2.70 bits per heavy atom. The predicted molar refractivity (Wildman–Crippen MR) is 92.8 cm³/mol. The standard InChI is InChI=1S/C18H30N4O/c1-4-5-15-10-17(20-14(2)19-15)22-8-6-18(7-9-22)11-16(23)12-21(3)13-18/h10,16,23H,4-9,11-13H2,1-3H3.